The smallest absolute Gasteiger partial charge is 0.254 e. The van der Waals surface area contributed by atoms with Gasteiger partial charge in [-0.1, -0.05) is 11.6 Å². The Morgan fingerprint density at radius 2 is 2.00 bits per heavy atom. The summed E-state index contributed by atoms with van der Waals surface area (Å²) < 4.78 is 0.672. The topological polar surface area (TPSA) is 65.2 Å². The average molecular weight is 366 g/mol. The number of halogens is 1. The van der Waals surface area contributed by atoms with E-state index in [1.165, 1.54) is 17.8 Å². The number of hydrogen-bond donors (Lipinski definition) is 2. The van der Waals surface area contributed by atoms with Crippen molar-refractivity contribution in [2.24, 2.45) is 0 Å². The minimum absolute atomic E-state index is 0.0145. The van der Waals surface area contributed by atoms with Crippen LogP contribution in [-0.2, 0) is 4.79 Å². The van der Waals surface area contributed by atoms with Crippen LogP contribution in [0.5, 0.6) is 0 Å². The summed E-state index contributed by atoms with van der Waals surface area (Å²) in [5, 5.41) is 2.82. The molecule has 1 aliphatic rings. The van der Waals surface area contributed by atoms with E-state index >= 15 is 0 Å². The Labute approximate surface area is 150 Å². The fourth-order valence-corrected chi connectivity index (χ4v) is 4.01. The number of aromatic nitrogens is 1. The largest absolute Gasteiger partial charge is 0.366 e. The number of aromatic amines is 1. The van der Waals surface area contributed by atoms with Crippen molar-refractivity contribution in [1.82, 2.24) is 15.2 Å². The molecule has 0 aromatic carbocycles. The van der Waals surface area contributed by atoms with Crippen LogP contribution < -0.4 is 5.32 Å². The molecule has 0 unspecified atom stereocenters. The number of carbonyl (C=O) groups is 2. The molecule has 0 aliphatic carbocycles. The van der Waals surface area contributed by atoms with Crippen LogP contribution in [0.3, 0.4) is 0 Å². The van der Waals surface area contributed by atoms with E-state index < -0.39 is 6.04 Å². The van der Waals surface area contributed by atoms with Gasteiger partial charge in [0.1, 0.15) is 6.04 Å². The number of likely N-dealkylation sites (tertiary alicyclic amines) is 1. The van der Waals surface area contributed by atoms with Crippen LogP contribution in [0.1, 0.15) is 36.5 Å². The summed E-state index contributed by atoms with van der Waals surface area (Å²) in [5.41, 5.74) is 1.31. The summed E-state index contributed by atoms with van der Waals surface area (Å²) in [7, 11) is 0. The second-order valence-corrected chi connectivity index (χ2v) is 7.68. The van der Waals surface area contributed by atoms with E-state index in [2.05, 4.69) is 10.3 Å². The molecule has 2 aromatic heterocycles. The van der Waals surface area contributed by atoms with Crippen LogP contribution in [-0.4, -0.2) is 40.8 Å². The standard InChI is InChI=1S/C17H20ClN3O2S/c1-11(17(23)21-7-3-2-4-8-21)20-16(22)13-10-19-9-12(13)14-5-6-15(18)24-14/h5-6,9-11,19H,2-4,7-8H2,1H3,(H,20,22)/t11-/m0/s1. The summed E-state index contributed by atoms with van der Waals surface area (Å²) in [6.07, 6.45) is 6.66. The highest BCUT2D eigenvalue weighted by atomic mass is 35.5. The lowest BCUT2D eigenvalue weighted by atomic mass is 10.1. The van der Waals surface area contributed by atoms with Crippen molar-refractivity contribution < 1.29 is 9.59 Å². The van der Waals surface area contributed by atoms with Crippen molar-refractivity contribution in [2.45, 2.75) is 32.2 Å². The zero-order valence-electron chi connectivity index (χ0n) is 13.5. The van der Waals surface area contributed by atoms with Crippen LogP contribution in [0.4, 0.5) is 0 Å². The first-order valence-electron chi connectivity index (χ1n) is 8.08. The van der Waals surface area contributed by atoms with Gasteiger partial charge in [0.15, 0.2) is 0 Å². The molecular weight excluding hydrogens is 346 g/mol. The maximum atomic E-state index is 12.6. The van der Waals surface area contributed by atoms with Crippen molar-refractivity contribution in [3.05, 3.63) is 34.4 Å². The van der Waals surface area contributed by atoms with Gasteiger partial charge in [-0.05, 0) is 38.3 Å². The van der Waals surface area contributed by atoms with E-state index in [0.717, 1.165) is 36.4 Å². The molecular formula is C17H20ClN3O2S. The number of nitrogens with zero attached hydrogens (tertiary/aromatic N) is 1. The normalized spacial score (nSPS) is 16.0. The highest BCUT2D eigenvalue weighted by Crippen LogP contribution is 2.33. The Hall–Kier alpha value is -1.79. The van der Waals surface area contributed by atoms with Gasteiger partial charge in [-0.3, -0.25) is 9.59 Å². The molecule has 5 nitrogen and oxygen atoms in total. The Morgan fingerprint density at radius 1 is 1.25 bits per heavy atom. The number of H-pyrrole nitrogens is 1. The molecule has 0 radical (unpaired) electrons. The van der Waals surface area contributed by atoms with Crippen molar-refractivity contribution >= 4 is 34.8 Å². The number of amides is 2. The lowest BCUT2D eigenvalue weighted by molar-refractivity contribution is -0.133. The number of nitrogens with one attached hydrogen (secondary N) is 2. The summed E-state index contributed by atoms with van der Waals surface area (Å²) in [6.45, 7) is 3.30. The first kappa shape index (κ1) is 17.0. The molecule has 7 heteroatoms. The molecule has 24 heavy (non-hydrogen) atoms. The highest BCUT2D eigenvalue weighted by Gasteiger charge is 2.25. The number of piperidine rings is 1. The van der Waals surface area contributed by atoms with Crippen molar-refractivity contribution in [2.75, 3.05) is 13.1 Å². The summed E-state index contributed by atoms with van der Waals surface area (Å²) in [4.78, 5) is 30.7. The van der Waals surface area contributed by atoms with Gasteiger partial charge >= 0.3 is 0 Å². The number of rotatable bonds is 4. The molecule has 3 rings (SSSR count). The van der Waals surface area contributed by atoms with Gasteiger partial charge in [0.05, 0.1) is 9.90 Å². The Morgan fingerprint density at radius 3 is 2.67 bits per heavy atom. The van der Waals surface area contributed by atoms with E-state index in [4.69, 9.17) is 11.6 Å². The van der Waals surface area contributed by atoms with Crippen molar-refractivity contribution in [3.63, 3.8) is 0 Å². The molecule has 128 valence electrons. The Bertz CT molecular complexity index is 734. The number of carbonyl (C=O) groups excluding carboxylic acids is 2. The molecule has 1 atom stereocenters. The van der Waals surface area contributed by atoms with Gasteiger partial charge in [0, 0.05) is 35.9 Å². The monoisotopic (exact) mass is 365 g/mol. The molecule has 1 fully saturated rings. The first-order chi connectivity index (χ1) is 11.6. The molecule has 1 saturated heterocycles. The van der Waals surface area contributed by atoms with Gasteiger partial charge in [-0.2, -0.15) is 0 Å². The first-order valence-corrected chi connectivity index (χ1v) is 9.28. The van der Waals surface area contributed by atoms with Gasteiger partial charge in [0.25, 0.3) is 5.91 Å². The third-order valence-electron chi connectivity index (χ3n) is 4.21. The minimum Gasteiger partial charge on any atom is -0.366 e. The van der Waals surface area contributed by atoms with Crippen LogP contribution in [0, 0.1) is 0 Å². The van der Waals surface area contributed by atoms with Crippen molar-refractivity contribution in [1.29, 1.82) is 0 Å². The molecule has 3 heterocycles. The maximum Gasteiger partial charge on any atom is 0.254 e. The average Bonchev–Trinajstić information content (AvgIpc) is 3.23. The molecule has 1 aliphatic heterocycles. The van der Waals surface area contributed by atoms with Gasteiger partial charge < -0.3 is 15.2 Å². The SMILES string of the molecule is C[C@H](NC(=O)c1c[nH]cc1-c1ccc(Cl)s1)C(=O)N1CCCCC1. The summed E-state index contributed by atoms with van der Waals surface area (Å²) in [6, 6.07) is 3.15. The molecule has 2 aromatic rings. The zero-order chi connectivity index (χ0) is 17.1. The fraction of sp³-hybridized carbons (Fsp3) is 0.412. The minimum atomic E-state index is -0.537. The molecule has 0 spiro atoms. The number of hydrogen-bond acceptors (Lipinski definition) is 3. The maximum absolute atomic E-state index is 12.6. The van der Waals surface area contributed by atoms with Crippen LogP contribution in [0.25, 0.3) is 10.4 Å². The van der Waals surface area contributed by atoms with Crippen molar-refractivity contribution in [3.8, 4) is 10.4 Å². The van der Waals surface area contributed by atoms with Gasteiger partial charge in [-0.25, -0.2) is 0 Å². The zero-order valence-corrected chi connectivity index (χ0v) is 15.0. The predicted molar refractivity (Wildman–Crippen MR) is 96.5 cm³/mol. The highest BCUT2D eigenvalue weighted by molar-refractivity contribution is 7.19. The Balaban J connectivity index is 1.69. The summed E-state index contributed by atoms with van der Waals surface area (Å²) in [5.74, 6) is -0.270. The van der Waals surface area contributed by atoms with Gasteiger partial charge in [0.2, 0.25) is 5.91 Å². The molecule has 2 N–H and O–H groups in total. The van der Waals surface area contributed by atoms with E-state index in [9.17, 15) is 9.59 Å². The quantitative estimate of drug-likeness (QED) is 0.870. The van der Waals surface area contributed by atoms with Crippen LogP contribution >= 0.6 is 22.9 Å². The van der Waals surface area contributed by atoms with Crippen LogP contribution in [0.15, 0.2) is 24.5 Å². The van der Waals surface area contributed by atoms with E-state index in [1.54, 1.807) is 25.4 Å². The third-order valence-corrected chi connectivity index (χ3v) is 5.48. The lowest BCUT2D eigenvalue weighted by Gasteiger charge is -2.29. The lowest BCUT2D eigenvalue weighted by Crippen LogP contribution is -2.48. The third kappa shape index (κ3) is 3.65. The fourth-order valence-electron chi connectivity index (χ4n) is 2.94. The predicted octanol–water partition coefficient (Wildman–Crippen LogP) is 3.53. The van der Waals surface area contributed by atoms with Crippen LogP contribution in [0.2, 0.25) is 4.34 Å². The number of thiophene rings is 1. The molecule has 0 saturated carbocycles. The van der Waals surface area contributed by atoms with E-state index in [-0.39, 0.29) is 11.8 Å². The van der Waals surface area contributed by atoms with E-state index in [1.807, 2.05) is 11.0 Å². The Kier molecular flexibility index (Phi) is 5.26. The van der Waals surface area contributed by atoms with Gasteiger partial charge in [-0.15, -0.1) is 11.3 Å². The summed E-state index contributed by atoms with van der Waals surface area (Å²) >= 11 is 7.39. The second kappa shape index (κ2) is 7.40. The van der Waals surface area contributed by atoms with E-state index in [0.29, 0.717) is 9.90 Å². The molecule has 2 amide bonds. The second-order valence-electron chi connectivity index (χ2n) is 5.97. The molecule has 0 bridgehead atoms.